The van der Waals surface area contributed by atoms with Crippen LogP contribution in [0, 0.1) is 0 Å². The van der Waals surface area contributed by atoms with Crippen LogP contribution in [0.1, 0.15) is 20.7 Å². The zero-order chi connectivity index (χ0) is 17.0. The summed E-state index contributed by atoms with van der Waals surface area (Å²) in [5.41, 5.74) is -0.758. The molecule has 1 amide bonds. The summed E-state index contributed by atoms with van der Waals surface area (Å²) in [5.74, 6) is -3.67. The summed E-state index contributed by atoms with van der Waals surface area (Å²) in [4.78, 5) is 33.6. The molecule has 0 saturated heterocycles. The molecular formula is C12H9N5O5S-2. The lowest BCUT2D eigenvalue weighted by Crippen LogP contribution is -2.26. The number of hydrogen-bond donors (Lipinski definition) is 1. The van der Waals surface area contributed by atoms with Gasteiger partial charge in [-0.15, -0.1) is 5.10 Å². The third-order valence-corrected chi connectivity index (χ3v) is 3.61. The second-order valence-corrected chi connectivity index (χ2v) is 5.24. The number of aromatic nitrogens is 4. The number of carbonyl (C=O) groups is 3. The molecule has 1 N–H and O–H groups in total. The average Bonchev–Trinajstić information content (AvgIpc) is 2.90. The predicted molar refractivity (Wildman–Crippen MR) is 73.3 cm³/mol. The first-order valence-corrected chi connectivity index (χ1v) is 7.08. The number of carboxylic acids is 2. The van der Waals surface area contributed by atoms with Gasteiger partial charge in [-0.1, -0.05) is 11.8 Å². The summed E-state index contributed by atoms with van der Waals surface area (Å²) in [6.45, 7) is 0. The van der Waals surface area contributed by atoms with Crippen LogP contribution in [0.5, 0.6) is 0 Å². The van der Waals surface area contributed by atoms with E-state index in [2.05, 4.69) is 20.8 Å². The van der Waals surface area contributed by atoms with Gasteiger partial charge in [-0.2, -0.15) is 0 Å². The Kier molecular flexibility index (Phi) is 4.91. The van der Waals surface area contributed by atoms with Gasteiger partial charge >= 0.3 is 0 Å². The molecule has 23 heavy (non-hydrogen) atoms. The molecule has 0 unspecified atom stereocenters. The topological polar surface area (TPSA) is 153 Å². The molecule has 2 rings (SSSR count). The van der Waals surface area contributed by atoms with Crippen molar-refractivity contribution in [1.82, 2.24) is 20.2 Å². The molecule has 0 radical (unpaired) electrons. The SMILES string of the molecule is Cn1nnnc1SCC(=O)Nc1cc(C(=O)[O-])cc(C(=O)[O-])c1. The van der Waals surface area contributed by atoms with Crippen LogP contribution in [-0.4, -0.2) is 43.8 Å². The van der Waals surface area contributed by atoms with Crippen molar-refractivity contribution < 1.29 is 24.6 Å². The fraction of sp³-hybridized carbons (Fsp3) is 0.167. The molecule has 1 heterocycles. The number of carboxylic acid groups (broad SMARTS) is 2. The van der Waals surface area contributed by atoms with Gasteiger partial charge in [0.05, 0.1) is 17.7 Å². The minimum absolute atomic E-state index is 0.00703. The lowest BCUT2D eigenvalue weighted by atomic mass is 10.1. The zero-order valence-electron chi connectivity index (χ0n) is 11.7. The first kappa shape index (κ1) is 16.4. The number of amides is 1. The lowest BCUT2D eigenvalue weighted by Gasteiger charge is -2.12. The van der Waals surface area contributed by atoms with Crippen molar-refractivity contribution in [3.8, 4) is 0 Å². The van der Waals surface area contributed by atoms with E-state index in [-0.39, 0.29) is 22.6 Å². The molecule has 0 saturated carbocycles. The van der Waals surface area contributed by atoms with Crippen LogP contribution in [0.25, 0.3) is 0 Å². The highest BCUT2D eigenvalue weighted by atomic mass is 32.2. The van der Waals surface area contributed by atoms with Crippen LogP contribution < -0.4 is 15.5 Å². The largest absolute Gasteiger partial charge is 0.545 e. The average molecular weight is 335 g/mol. The van der Waals surface area contributed by atoms with E-state index in [0.717, 1.165) is 30.0 Å². The van der Waals surface area contributed by atoms with Crippen molar-refractivity contribution in [1.29, 1.82) is 0 Å². The number of benzene rings is 1. The monoisotopic (exact) mass is 335 g/mol. The molecule has 2 aromatic rings. The Bertz CT molecular complexity index is 743. The maximum absolute atomic E-state index is 11.8. The first-order valence-electron chi connectivity index (χ1n) is 6.09. The van der Waals surface area contributed by atoms with Crippen molar-refractivity contribution in [2.24, 2.45) is 7.05 Å². The minimum atomic E-state index is -1.57. The van der Waals surface area contributed by atoms with Gasteiger partial charge in [0, 0.05) is 12.7 Å². The number of nitrogens with one attached hydrogen (secondary N) is 1. The van der Waals surface area contributed by atoms with E-state index in [4.69, 9.17) is 0 Å². The summed E-state index contributed by atoms with van der Waals surface area (Å²) in [7, 11) is 1.61. The molecule has 1 aromatic carbocycles. The van der Waals surface area contributed by atoms with Gasteiger partial charge in [0.1, 0.15) is 0 Å². The second-order valence-electron chi connectivity index (χ2n) is 4.30. The Balaban J connectivity index is 2.09. The molecule has 10 nitrogen and oxygen atoms in total. The predicted octanol–water partition coefficient (Wildman–Crippen LogP) is -2.33. The van der Waals surface area contributed by atoms with Crippen molar-refractivity contribution >= 4 is 35.3 Å². The van der Waals surface area contributed by atoms with E-state index >= 15 is 0 Å². The molecule has 0 aliphatic carbocycles. The molecule has 0 bridgehead atoms. The van der Waals surface area contributed by atoms with E-state index in [1.165, 1.54) is 4.68 Å². The first-order chi connectivity index (χ1) is 10.9. The summed E-state index contributed by atoms with van der Waals surface area (Å²) in [6, 6.07) is 3.07. The van der Waals surface area contributed by atoms with E-state index in [1.807, 2.05) is 0 Å². The summed E-state index contributed by atoms with van der Waals surface area (Å²) < 4.78 is 1.38. The van der Waals surface area contributed by atoms with Gasteiger partial charge in [-0.05, 0) is 39.8 Å². The molecule has 0 spiro atoms. The third kappa shape index (κ3) is 4.26. The van der Waals surface area contributed by atoms with Gasteiger partial charge in [-0.3, -0.25) is 4.79 Å². The number of aromatic carboxylic acids is 2. The van der Waals surface area contributed by atoms with E-state index in [9.17, 15) is 24.6 Å². The third-order valence-electron chi connectivity index (χ3n) is 2.60. The van der Waals surface area contributed by atoms with E-state index < -0.39 is 17.8 Å². The number of aryl methyl sites for hydroxylation is 1. The highest BCUT2D eigenvalue weighted by Gasteiger charge is 2.10. The zero-order valence-corrected chi connectivity index (χ0v) is 12.5. The van der Waals surface area contributed by atoms with Crippen molar-refractivity contribution in [2.45, 2.75) is 5.16 Å². The number of tetrazole rings is 1. The Labute approximate surface area is 133 Å². The normalized spacial score (nSPS) is 10.3. The van der Waals surface area contributed by atoms with Crippen LogP contribution in [0.2, 0.25) is 0 Å². The van der Waals surface area contributed by atoms with Crippen molar-refractivity contribution in [2.75, 3.05) is 11.1 Å². The van der Waals surface area contributed by atoms with E-state index in [1.54, 1.807) is 7.05 Å². The second kappa shape index (κ2) is 6.87. The van der Waals surface area contributed by atoms with Gasteiger partial charge in [0.2, 0.25) is 11.1 Å². The molecule has 11 heteroatoms. The van der Waals surface area contributed by atoms with Crippen LogP contribution in [0.4, 0.5) is 5.69 Å². The summed E-state index contributed by atoms with van der Waals surface area (Å²) >= 11 is 1.06. The van der Waals surface area contributed by atoms with E-state index in [0.29, 0.717) is 5.16 Å². The number of nitrogens with zero attached hydrogens (tertiary/aromatic N) is 4. The number of rotatable bonds is 6. The van der Waals surface area contributed by atoms with Gasteiger partial charge in [0.25, 0.3) is 0 Å². The Hall–Kier alpha value is -2.95. The van der Waals surface area contributed by atoms with Crippen LogP contribution in [0.3, 0.4) is 0 Å². The molecule has 0 aliphatic rings. The van der Waals surface area contributed by atoms with Gasteiger partial charge in [-0.25, -0.2) is 4.68 Å². The number of hydrogen-bond acceptors (Lipinski definition) is 9. The van der Waals surface area contributed by atoms with Crippen LogP contribution in [-0.2, 0) is 11.8 Å². The Morgan fingerprint density at radius 1 is 1.17 bits per heavy atom. The number of carbonyl (C=O) groups excluding carboxylic acids is 3. The van der Waals surface area contributed by atoms with Gasteiger partial charge in [0.15, 0.2) is 0 Å². The highest BCUT2D eigenvalue weighted by molar-refractivity contribution is 7.99. The smallest absolute Gasteiger partial charge is 0.234 e. The summed E-state index contributed by atoms with van der Waals surface area (Å²) in [6.07, 6.45) is 0. The molecule has 1 aromatic heterocycles. The minimum Gasteiger partial charge on any atom is -0.545 e. The van der Waals surface area contributed by atoms with Crippen LogP contribution >= 0.6 is 11.8 Å². The van der Waals surface area contributed by atoms with Crippen LogP contribution in [0.15, 0.2) is 23.4 Å². The Morgan fingerprint density at radius 2 is 1.78 bits per heavy atom. The maximum atomic E-state index is 11.8. The molecule has 0 atom stereocenters. The fourth-order valence-corrected chi connectivity index (χ4v) is 2.26. The Morgan fingerprint density at radius 3 is 2.26 bits per heavy atom. The van der Waals surface area contributed by atoms with Crippen molar-refractivity contribution in [3.05, 3.63) is 29.3 Å². The highest BCUT2D eigenvalue weighted by Crippen LogP contribution is 2.17. The molecular weight excluding hydrogens is 326 g/mol. The molecule has 0 aliphatic heterocycles. The summed E-state index contributed by atoms with van der Waals surface area (Å²) in [5, 5.41) is 35.2. The molecule has 0 fully saturated rings. The number of anilines is 1. The maximum Gasteiger partial charge on any atom is 0.234 e. The molecule has 120 valence electrons. The number of thioether (sulfide) groups is 1. The lowest BCUT2D eigenvalue weighted by molar-refractivity contribution is -0.255. The van der Waals surface area contributed by atoms with Gasteiger partial charge < -0.3 is 25.1 Å². The fourth-order valence-electron chi connectivity index (χ4n) is 1.61. The standard InChI is InChI=1S/C12H11N5O5S/c1-17-12(14-15-16-17)23-5-9(18)13-8-3-6(10(19)20)2-7(4-8)11(21)22/h2-4H,5H2,1H3,(H,13,18)(H,19,20)(H,21,22)/p-2. The van der Waals surface area contributed by atoms with Crippen molar-refractivity contribution in [3.63, 3.8) is 0 Å². The quantitative estimate of drug-likeness (QED) is 0.572.